The lowest BCUT2D eigenvalue weighted by Crippen LogP contribution is -2.38. The van der Waals surface area contributed by atoms with Crippen LogP contribution in [0, 0.1) is 0 Å². The second kappa shape index (κ2) is 14.6. The molecule has 0 unspecified atom stereocenters. The zero-order valence-corrected chi connectivity index (χ0v) is 22.2. The maximum absolute atomic E-state index is 5.88. The zero-order valence-electron chi connectivity index (χ0n) is 22.2. The van der Waals surface area contributed by atoms with Gasteiger partial charge in [-0.1, -0.05) is 13.3 Å². The van der Waals surface area contributed by atoms with Gasteiger partial charge in [-0.25, -0.2) is 0 Å². The van der Waals surface area contributed by atoms with E-state index in [0.717, 1.165) is 74.4 Å². The van der Waals surface area contributed by atoms with Crippen molar-refractivity contribution in [2.75, 3.05) is 66.3 Å². The lowest BCUT2D eigenvalue weighted by atomic mass is 10.1. The van der Waals surface area contributed by atoms with Gasteiger partial charge in [-0.05, 0) is 68.5 Å². The number of unbranched alkanes of at least 4 members (excludes halogenated alkanes) is 1. The first kappa shape index (κ1) is 27.0. The van der Waals surface area contributed by atoms with E-state index < -0.39 is 0 Å². The normalized spacial score (nSPS) is 14.1. The minimum atomic E-state index is 0.466. The first-order valence-corrected chi connectivity index (χ1v) is 13.3. The molecule has 1 aliphatic rings. The highest BCUT2D eigenvalue weighted by Crippen LogP contribution is 2.25. The maximum Gasteiger partial charge on any atom is 0.122 e. The molecule has 0 saturated carbocycles. The fraction of sp³-hybridized carbons (Fsp3) is 0.483. The lowest BCUT2D eigenvalue weighted by Gasteiger charge is -2.26. The predicted molar refractivity (Wildman–Crippen MR) is 145 cm³/mol. The molecular formula is C29H40N4O4. The van der Waals surface area contributed by atoms with Crippen molar-refractivity contribution in [3.63, 3.8) is 0 Å². The molecular weight excluding hydrogens is 468 g/mol. The van der Waals surface area contributed by atoms with Crippen LogP contribution in [0.3, 0.4) is 0 Å². The van der Waals surface area contributed by atoms with Crippen molar-refractivity contribution in [1.29, 1.82) is 0 Å². The summed E-state index contributed by atoms with van der Waals surface area (Å²) in [5.41, 5.74) is 3.37. The van der Waals surface area contributed by atoms with Crippen LogP contribution in [0.1, 0.15) is 25.3 Å². The number of rotatable bonds is 15. The van der Waals surface area contributed by atoms with Crippen molar-refractivity contribution in [2.45, 2.75) is 26.3 Å². The van der Waals surface area contributed by atoms with Gasteiger partial charge in [0.1, 0.15) is 37.1 Å². The third-order valence-corrected chi connectivity index (χ3v) is 6.42. The van der Waals surface area contributed by atoms with Gasteiger partial charge in [-0.15, -0.1) is 0 Å². The smallest absolute Gasteiger partial charge is 0.122 e. The van der Waals surface area contributed by atoms with Gasteiger partial charge in [0, 0.05) is 37.3 Å². The number of ether oxygens (including phenoxy) is 4. The van der Waals surface area contributed by atoms with Crippen LogP contribution in [0.5, 0.6) is 17.2 Å². The molecule has 0 amide bonds. The summed E-state index contributed by atoms with van der Waals surface area (Å²) in [5, 5.41) is 7.42. The number of morpholine rings is 1. The highest BCUT2D eigenvalue weighted by atomic mass is 16.5. The van der Waals surface area contributed by atoms with Gasteiger partial charge in [0.2, 0.25) is 0 Å². The van der Waals surface area contributed by atoms with Crippen molar-refractivity contribution < 1.29 is 18.9 Å². The Kier molecular flexibility index (Phi) is 10.7. The standard InChI is InChI=1S/C29H40N4O4/c1-3-4-13-32(2)23-25-22-30-31-29(25)24-5-7-26(8-6-24)36-20-21-37-28-11-9-27(10-12-28)35-19-16-33-14-17-34-18-15-33/h5-12,22H,3-4,13-21,23H2,1-2H3,(H,30,31). The van der Waals surface area contributed by atoms with E-state index in [1.807, 2.05) is 42.6 Å². The SMILES string of the molecule is CCCCN(C)Cc1cn[nH]c1-c1ccc(OCCOc2ccc(OCCN3CCOCC3)cc2)cc1. The second-order valence-corrected chi connectivity index (χ2v) is 9.36. The Bertz CT molecular complexity index is 1030. The summed E-state index contributed by atoms with van der Waals surface area (Å²) in [4.78, 5) is 4.69. The maximum atomic E-state index is 5.88. The first-order chi connectivity index (χ1) is 18.2. The van der Waals surface area contributed by atoms with E-state index in [-0.39, 0.29) is 0 Å². The Morgan fingerprint density at radius 3 is 2.11 bits per heavy atom. The summed E-state index contributed by atoms with van der Waals surface area (Å²) in [5.74, 6) is 2.47. The molecule has 1 fully saturated rings. The molecule has 8 heteroatoms. The molecule has 0 bridgehead atoms. The number of benzene rings is 2. The Morgan fingerprint density at radius 2 is 1.49 bits per heavy atom. The van der Waals surface area contributed by atoms with Crippen molar-refractivity contribution in [3.8, 4) is 28.5 Å². The van der Waals surface area contributed by atoms with Gasteiger partial charge >= 0.3 is 0 Å². The minimum absolute atomic E-state index is 0.466. The fourth-order valence-corrected chi connectivity index (χ4v) is 4.27. The summed E-state index contributed by atoms with van der Waals surface area (Å²) in [6, 6.07) is 15.9. The number of hydrogen-bond acceptors (Lipinski definition) is 7. The van der Waals surface area contributed by atoms with Gasteiger partial charge < -0.3 is 23.8 Å². The Labute approximate surface area is 220 Å². The van der Waals surface area contributed by atoms with Crippen LogP contribution in [-0.2, 0) is 11.3 Å². The van der Waals surface area contributed by atoms with Crippen LogP contribution in [0.2, 0.25) is 0 Å². The molecule has 1 N–H and O–H groups in total. The molecule has 0 radical (unpaired) electrons. The van der Waals surface area contributed by atoms with Gasteiger partial charge in [0.15, 0.2) is 0 Å². The molecule has 1 saturated heterocycles. The van der Waals surface area contributed by atoms with E-state index in [1.54, 1.807) is 0 Å². The van der Waals surface area contributed by atoms with Gasteiger partial charge in [-0.2, -0.15) is 5.10 Å². The molecule has 1 aliphatic heterocycles. The molecule has 0 spiro atoms. The summed E-state index contributed by atoms with van der Waals surface area (Å²) in [6.07, 6.45) is 4.32. The largest absolute Gasteiger partial charge is 0.492 e. The summed E-state index contributed by atoms with van der Waals surface area (Å²) in [6.45, 7) is 10.3. The van der Waals surface area contributed by atoms with E-state index in [2.05, 4.69) is 46.1 Å². The average Bonchev–Trinajstić information content (AvgIpc) is 3.39. The number of aromatic nitrogens is 2. The van der Waals surface area contributed by atoms with Crippen LogP contribution < -0.4 is 14.2 Å². The third kappa shape index (κ3) is 8.77. The topological polar surface area (TPSA) is 72.1 Å². The Balaban J connectivity index is 1.15. The second-order valence-electron chi connectivity index (χ2n) is 9.36. The van der Waals surface area contributed by atoms with Crippen LogP contribution >= 0.6 is 0 Å². The molecule has 200 valence electrons. The van der Waals surface area contributed by atoms with Crippen molar-refractivity contribution in [3.05, 3.63) is 60.3 Å². The number of nitrogens with zero attached hydrogens (tertiary/aromatic N) is 3. The minimum Gasteiger partial charge on any atom is -0.492 e. The number of H-pyrrole nitrogens is 1. The van der Waals surface area contributed by atoms with Gasteiger partial charge in [-0.3, -0.25) is 10.00 Å². The lowest BCUT2D eigenvalue weighted by molar-refractivity contribution is 0.0322. The summed E-state index contributed by atoms with van der Waals surface area (Å²) in [7, 11) is 2.15. The first-order valence-electron chi connectivity index (χ1n) is 13.3. The van der Waals surface area contributed by atoms with Crippen LogP contribution in [0.4, 0.5) is 0 Å². The molecule has 0 aliphatic carbocycles. The third-order valence-electron chi connectivity index (χ3n) is 6.42. The highest BCUT2D eigenvalue weighted by Gasteiger charge is 2.11. The Hall–Kier alpha value is -3.07. The molecule has 8 nitrogen and oxygen atoms in total. The molecule has 3 aromatic rings. The predicted octanol–water partition coefficient (Wildman–Crippen LogP) is 4.48. The van der Waals surface area contributed by atoms with Crippen molar-refractivity contribution >= 4 is 0 Å². The number of nitrogens with one attached hydrogen (secondary N) is 1. The van der Waals surface area contributed by atoms with E-state index >= 15 is 0 Å². The fourth-order valence-electron chi connectivity index (χ4n) is 4.27. The highest BCUT2D eigenvalue weighted by molar-refractivity contribution is 5.63. The Morgan fingerprint density at radius 1 is 0.892 bits per heavy atom. The van der Waals surface area contributed by atoms with E-state index in [1.165, 1.54) is 18.4 Å². The van der Waals surface area contributed by atoms with Gasteiger partial charge in [0.25, 0.3) is 0 Å². The van der Waals surface area contributed by atoms with Gasteiger partial charge in [0.05, 0.1) is 25.1 Å². The summed E-state index contributed by atoms with van der Waals surface area (Å²) >= 11 is 0. The number of aromatic amines is 1. The van der Waals surface area contributed by atoms with E-state index in [9.17, 15) is 0 Å². The quantitative estimate of drug-likeness (QED) is 0.304. The molecule has 4 rings (SSSR count). The number of hydrogen-bond donors (Lipinski definition) is 1. The molecule has 1 aromatic heterocycles. The molecule has 2 heterocycles. The van der Waals surface area contributed by atoms with Crippen LogP contribution in [0.15, 0.2) is 54.7 Å². The molecule has 0 atom stereocenters. The zero-order chi connectivity index (χ0) is 25.7. The van der Waals surface area contributed by atoms with E-state index in [4.69, 9.17) is 18.9 Å². The monoisotopic (exact) mass is 508 g/mol. The van der Waals surface area contributed by atoms with Crippen molar-refractivity contribution in [1.82, 2.24) is 20.0 Å². The summed E-state index contributed by atoms with van der Waals surface area (Å²) < 4.78 is 22.9. The van der Waals surface area contributed by atoms with Crippen LogP contribution in [0.25, 0.3) is 11.3 Å². The van der Waals surface area contributed by atoms with E-state index in [0.29, 0.717) is 19.8 Å². The molecule has 37 heavy (non-hydrogen) atoms. The van der Waals surface area contributed by atoms with Crippen LogP contribution in [-0.4, -0.2) is 86.3 Å². The van der Waals surface area contributed by atoms with Crippen molar-refractivity contribution in [2.24, 2.45) is 0 Å². The average molecular weight is 509 g/mol. The molecule has 2 aromatic carbocycles.